The van der Waals surface area contributed by atoms with E-state index in [2.05, 4.69) is 40.1 Å². The second kappa shape index (κ2) is 6.55. The van der Waals surface area contributed by atoms with E-state index in [1.807, 2.05) is 23.0 Å². The summed E-state index contributed by atoms with van der Waals surface area (Å²) in [5.41, 5.74) is 5.15. The van der Waals surface area contributed by atoms with Gasteiger partial charge in [-0.15, -0.1) is 0 Å². The number of hydrogen-bond acceptors (Lipinski definition) is 5. The zero-order valence-corrected chi connectivity index (χ0v) is 14.3. The molecule has 2 aromatic heterocycles. The van der Waals surface area contributed by atoms with E-state index < -0.39 is 6.10 Å². The molecule has 3 heterocycles. The van der Waals surface area contributed by atoms with Crippen LogP contribution in [0.1, 0.15) is 28.6 Å². The molecule has 6 nitrogen and oxygen atoms in total. The third kappa shape index (κ3) is 3.04. The molecule has 1 aliphatic heterocycles. The van der Waals surface area contributed by atoms with Crippen LogP contribution in [0.15, 0.2) is 36.5 Å². The Morgan fingerprint density at radius 1 is 1.24 bits per heavy atom. The van der Waals surface area contributed by atoms with Crippen LogP contribution in [0.5, 0.6) is 0 Å². The van der Waals surface area contributed by atoms with Crippen LogP contribution in [0, 0.1) is 6.92 Å². The summed E-state index contributed by atoms with van der Waals surface area (Å²) >= 11 is 0. The summed E-state index contributed by atoms with van der Waals surface area (Å²) in [6.45, 7) is 5.11. The van der Waals surface area contributed by atoms with Crippen LogP contribution in [-0.4, -0.2) is 43.0 Å². The van der Waals surface area contributed by atoms with Crippen molar-refractivity contribution in [2.75, 3.05) is 13.2 Å². The molecule has 4 rings (SSSR count). The van der Waals surface area contributed by atoms with E-state index in [1.54, 1.807) is 0 Å². The summed E-state index contributed by atoms with van der Waals surface area (Å²) < 4.78 is 1.93. The van der Waals surface area contributed by atoms with Gasteiger partial charge >= 0.3 is 0 Å². The summed E-state index contributed by atoms with van der Waals surface area (Å²) in [6, 6.07) is 10.3. The Kier molecular flexibility index (Phi) is 4.25. The molecule has 1 aromatic carbocycles. The van der Waals surface area contributed by atoms with Gasteiger partial charge in [0.15, 0.2) is 0 Å². The van der Waals surface area contributed by atoms with Crippen LogP contribution in [0.4, 0.5) is 0 Å². The van der Waals surface area contributed by atoms with Crippen molar-refractivity contribution < 1.29 is 10.2 Å². The van der Waals surface area contributed by atoms with Crippen molar-refractivity contribution in [1.82, 2.24) is 19.7 Å². The molecule has 0 amide bonds. The fourth-order valence-corrected chi connectivity index (χ4v) is 3.49. The van der Waals surface area contributed by atoms with Gasteiger partial charge in [0.05, 0.1) is 30.1 Å². The molecule has 2 N–H and O–H groups in total. The highest BCUT2D eigenvalue weighted by Crippen LogP contribution is 2.24. The van der Waals surface area contributed by atoms with E-state index in [-0.39, 0.29) is 6.61 Å². The molecule has 0 fully saturated rings. The lowest BCUT2D eigenvalue weighted by molar-refractivity contribution is 0.0915. The summed E-state index contributed by atoms with van der Waals surface area (Å²) in [7, 11) is 0. The number of rotatable bonds is 4. The van der Waals surface area contributed by atoms with E-state index in [9.17, 15) is 5.11 Å². The van der Waals surface area contributed by atoms with Crippen molar-refractivity contribution >= 4 is 10.9 Å². The van der Waals surface area contributed by atoms with Crippen LogP contribution >= 0.6 is 0 Å². The highest BCUT2D eigenvalue weighted by atomic mass is 16.3. The van der Waals surface area contributed by atoms with Gasteiger partial charge in [0.1, 0.15) is 6.10 Å². The molecular weight excluding hydrogens is 316 g/mol. The highest BCUT2D eigenvalue weighted by Gasteiger charge is 2.21. The highest BCUT2D eigenvalue weighted by molar-refractivity contribution is 5.84. The van der Waals surface area contributed by atoms with Gasteiger partial charge in [-0.05, 0) is 30.2 Å². The van der Waals surface area contributed by atoms with E-state index in [1.165, 1.54) is 16.5 Å². The summed E-state index contributed by atoms with van der Waals surface area (Å²) in [5.74, 6) is 0. The molecule has 6 heteroatoms. The van der Waals surface area contributed by atoms with Crippen molar-refractivity contribution in [3.8, 4) is 0 Å². The standard InChI is InChI=1S/C19H22N4O2/c1-13-4-5-14(16-3-2-6-20-19(13)16)10-22-7-8-23-15(11-22)9-17(21-23)18(25)12-24/h2-6,9,18,24-25H,7-8,10-12H2,1H3. The third-order valence-corrected chi connectivity index (χ3v) is 4.87. The van der Waals surface area contributed by atoms with E-state index in [4.69, 9.17) is 5.11 Å². The molecular formula is C19H22N4O2. The largest absolute Gasteiger partial charge is 0.393 e. The van der Waals surface area contributed by atoms with Crippen molar-refractivity contribution in [2.24, 2.45) is 0 Å². The van der Waals surface area contributed by atoms with Crippen LogP contribution in [0.25, 0.3) is 10.9 Å². The van der Waals surface area contributed by atoms with Gasteiger partial charge in [-0.1, -0.05) is 18.2 Å². The minimum absolute atomic E-state index is 0.303. The maximum atomic E-state index is 9.78. The minimum atomic E-state index is -0.904. The second-order valence-electron chi connectivity index (χ2n) is 6.63. The zero-order chi connectivity index (χ0) is 17.4. The molecule has 0 spiro atoms. The molecule has 1 aliphatic rings. The van der Waals surface area contributed by atoms with E-state index >= 15 is 0 Å². The molecule has 0 radical (unpaired) electrons. The molecule has 0 saturated heterocycles. The van der Waals surface area contributed by atoms with E-state index in [0.29, 0.717) is 5.69 Å². The molecule has 1 atom stereocenters. The molecule has 130 valence electrons. The maximum Gasteiger partial charge on any atom is 0.121 e. The first-order valence-corrected chi connectivity index (χ1v) is 8.57. The Bertz CT molecular complexity index is 906. The van der Waals surface area contributed by atoms with Crippen molar-refractivity contribution in [3.63, 3.8) is 0 Å². The number of aliphatic hydroxyl groups excluding tert-OH is 2. The number of benzene rings is 1. The molecule has 1 unspecified atom stereocenters. The van der Waals surface area contributed by atoms with Gasteiger partial charge in [-0.25, -0.2) is 0 Å². The Labute approximate surface area is 146 Å². The molecule has 0 bridgehead atoms. The number of fused-ring (bicyclic) bond motifs is 2. The first kappa shape index (κ1) is 16.2. The topological polar surface area (TPSA) is 74.4 Å². The predicted octanol–water partition coefficient (Wildman–Crippen LogP) is 1.78. The Morgan fingerprint density at radius 2 is 2.12 bits per heavy atom. The first-order valence-electron chi connectivity index (χ1n) is 8.57. The quantitative estimate of drug-likeness (QED) is 0.758. The van der Waals surface area contributed by atoms with Gasteiger partial charge in [-0.3, -0.25) is 14.6 Å². The first-order chi connectivity index (χ1) is 12.2. The number of hydrogen-bond donors (Lipinski definition) is 2. The van der Waals surface area contributed by atoms with Crippen LogP contribution < -0.4 is 0 Å². The average Bonchev–Trinajstić information content (AvgIpc) is 3.07. The summed E-state index contributed by atoms with van der Waals surface area (Å²) in [6.07, 6.45) is 0.936. The minimum Gasteiger partial charge on any atom is -0.393 e. The predicted molar refractivity (Wildman–Crippen MR) is 94.9 cm³/mol. The molecule has 3 aromatic rings. The lowest BCUT2D eigenvalue weighted by Gasteiger charge is -2.28. The second-order valence-corrected chi connectivity index (χ2v) is 6.63. The summed E-state index contributed by atoms with van der Waals surface area (Å²) in [4.78, 5) is 6.90. The molecule has 25 heavy (non-hydrogen) atoms. The monoisotopic (exact) mass is 338 g/mol. The SMILES string of the molecule is Cc1ccc(CN2CCn3nc(C(O)CO)cc3C2)c2cccnc12. The fourth-order valence-electron chi connectivity index (χ4n) is 3.49. The lowest BCUT2D eigenvalue weighted by atomic mass is 10.0. The van der Waals surface area contributed by atoms with Gasteiger partial charge in [-0.2, -0.15) is 5.10 Å². The number of aliphatic hydroxyl groups is 2. The number of aromatic nitrogens is 3. The lowest BCUT2D eigenvalue weighted by Crippen LogP contribution is -2.33. The normalized spacial score (nSPS) is 16.1. The number of pyridine rings is 1. The summed E-state index contributed by atoms with van der Waals surface area (Å²) in [5, 5.41) is 24.5. The number of nitrogens with zero attached hydrogens (tertiary/aromatic N) is 4. The Balaban J connectivity index is 1.57. The molecule has 0 saturated carbocycles. The van der Waals surface area contributed by atoms with Crippen LogP contribution in [0.3, 0.4) is 0 Å². The Morgan fingerprint density at radius 3 is 2.96 bits per heavy atom. The van der Waals surface area contributed by atoms with Crippen molar-refractivity contribution in [3.05, 3.63) is 59.0 Å². The van der Waals surface area contributed by atoms with Gasteiger partial charge < -0.3 is 10.2 Å². The van der Waals surface area contributed by atoms with Gasteiger partial charge in [0.2, 0.25) is 0 Å². The smallest absolute Gasteiger partial charge is 0.121 e. The van der Waals surface area contributed by atoms with Gasteiger partial charge in [0.25, 0.3) is 0 Å². The van der Waals surface area contributed by atoms with Crippen LogP contribution in [0.2, 0.25) is 0 Å². The fraction of sp³-hybridized carbons (Fsp3) is 0.368. The molecule has 0 aliphatic carbocycles. The van der Waals surface area contributed by atoms with Crippen molar-refractivity contribution in [1.29, 1.82) is 0 Å². The average molecular weight is 338 g/mol. The Hall–Kier alpha value is -2.28. The van der Waals surface area contributed by atoms with Crippen LogP contribution in [-0.2, 0) is 19.6 Å². The van der Waals surface area contributed by atoms with E-state index in [0.717, 1.165) is 37.4 Å². The number of aryl methyl sites for hydroxylation is 1. The maximum absolute atomic E-state index is 9.78. The third-order valence-electron chi connectivity index (χ3n) is 4.87. The van der Waals surface area contributed by atoms with Gasteiger partial charge in [0, 0.05) is 31.2 Å². The zero-order valence-electron chi connectivity index (χ0n) is 14.3. The van der Waals surface area contributed by atoms with Crippen molar-refractivity contribution in [2.45, 2.75) is 32.7 Å².